The second-order valence-electron chi connectivity index (χ2n) is 7.28. The van der Waals surface area contributed by atoms with E-state index >= 15 is 0 Å². The molecule has 1 heterocycles. The molecule has 2 aromatic rings. The summed E-state index contributed by atoms with van der Waals surface area (Å²) < 4.78 is 1.67. The normalized spacial score (nSPS) is 23.8. The maximum atomic E-state index is 12.7. The van der Waals surface area contributed by atoms with Gasteiger partial charge < -0.3 is 5.32 Å². The molecule has 2 fully saturated rings. The minimum absolute atomic E-state index is 0.0104. The molecular formula is C20H22N4OS. The summed E-state index contributed by atoms with van der Waals surface area (Å²) >= 11 is 1.41. The number of hydrogen-bond donors (Lipinski definition) is 1. The first-order valence-corrected chi connectivity index (χ1v) is 10.3. The Morgan fingerprint density at radius 1 is 1.35 bits per heavy atom. The van der Waals surface area contributed by atoms with Crippen LogP contribution in [0.4, 0.5) is 5.82 Å². The summed E-state index contributed by atoms with van der Waals surface area (Å²) in [4.78, 5) is 12.7. The zero-order valence-corrected chi connectivity index (χ0v) is 15.6. The van der Waals surface area contributed by atoms with Gasteiger partial charge in [0.1, 0.15) is 16.7 Å². The molecule has 5 nitrogen and oxygen atoms in total. The lowest BCUT2D eigenvalue weighted by Crippen LogP contribution is -2.22. The fraction of sp³-hybridized carbons (Fsp3) is 0.450. The average Bonchev–Trinajstić information content (AvgIpc) is 3.36. The van der Waals surface area contributed by atoms with Gasteiger partial charge in [-0.1, -0.05) is 24.6 Å². The van der Waals surface area contributed by atoms with Crippen LogP contribution in [0.3, 0.4) is 0 Å². The number of nitrogens with one attached hydrogen (secondary N) is 1. The van der Waals surface area contributed by atoms with Crippen LogP contribution in [0.2, 0.25) is 0 Å². The number of aromatic nitrogens is 2. The van der Waals surface area contributed by atoms with Crippen molar-refractivity contribution in [1.29, 1.82) is 5.26 Å². The van der Waals surface area contributed by atoms with Crippen molar-refractivity contribution >= 4 is 23.5 Å². The van der Waals surface area contributed by atoms with Gasteiger partial charge >= 0.3 is 0 Å². The SMILES string of the molecule is CSc1nn(-c2ccccc2)c(NC(=O)C[C@@H]2C[C@@H]3CC[C@@H]2C3)c1C#N. The van der Waals surface area contributed by atoms with Gasteiger partial charge in [-0.05, 0) is 55.4 Å². The lowest BCUT2D eigenvalue weighted by atomic mass is 9.86. The predicted molar refractivity (Wildman–Crippen MR) is 102 cm³/mol. The Balaban J connectivity index is 1.59. The average molecular weight is 366 g/mol. The number of benzene rings is 1. The summed E-state index contributed by atoms with van der Waals surface area (Å²) in [7, 11) is 0. The summed E-state index contributed by atoms with van der Waals surface area (Å²) in [6.07, 6.45) is 7.50. The van der Waals surface area contributed by atoms with Crippen LogP contribution in [0.25, 0.3) is 5.69 Å². The van der Waals surface area contributed by atoms with Crippen molar-refractivity contribution in [2.45, 2.75) is 37.1 Å². The molecule has 0 unspecified atom stereocenters. The van der Waals surface area contributed by atoms with Crippen LogP contribution in [0.5, 0.6) is 0 Å². The van der Waals surface area contributed by atoms with Crippen molar-refractivity contribution in [2.24, 2.45) is 17.8 Å². The standard InChI is InChI=1S/C20H22N4OS/c1-26-20-17(12-21)19(24(23-20)16-5-3-2-4-6-16)22-18(25)11-15-10-13-7-8-14(15)9-13/h2-6,13-15H,7-11H2,1H3,(H,22,25)/t13-,14-,15+/m1/s1. The molecule has 0 aliphatic heterocycles. The number of hydrogen-bond acceptors (Lipinski definition) is 4. The zero-order chi connectivity index (χ0) is 18.1. The van der Waals surface area contributed by atoms with Gasteiger partial charge in [0.05, 0.1) is 5.69 Å². The van der Waals surface area contributed by atoms with Gasteiger partial charge in [-0.3, -0.25) is 4.79 Å². The Labute approximate surface area is 157 Å². The van der Waals surface area contributed by atoms with E-state index in [2.05, 4.69) is 16.5 Å². The predicted octanol–water partition coefficient (Wildman–Crippen LogP) is 4.23. The number of carbonyl (C=O) groups excluding carboxylic acids is 1. The van der Waals surface area contributed by atoms with E-state index < -0.39 is 0 Å². The van der Waals surface area contributed by atoms with E-state index in [1.165, 1.54) is 37.4 Å². The molecule has 2 aliphatic rings. The molecular weight excluding hydrogens is 344 g/mol. The molecule has 1 amide bonds. The van der Waals surface area contributed by atoms with Crippen molar-refractivity contribution < 1.29 is 4.79 Å². The molecule has 1 aromatic carbocycles. The zero-order valence-electron chi connectivity index (χ0n) is 14.8. The number of thioether (sulfide) groups is 1. The molecule has 0 radical (unpaired) electrons. The maximum absolute atomic E-state index is 12.7. The van der Waals surface area contributed by atoms with Crippen molar-refractivity contribution in [3.05, 3.63) is 35.9 Å². The Kier molecular flexibility index (Phi) is 4.73. The Hall–Kier alpha value is -2.26. The van der Waals surface area contributed by atoms with Crippen LogP contribution < -0.4 is 5.32 Å². The molecule has 134 valence electrons. The summed E-state index contributed by atoms with van der Waals surface area (Å²) in [5.74, 6) is 2.50. The van der Waals surface area contributed by atoms with E-state index in [-0.39, 0.29) is 5.91 Å². The molecule has 1 aromatic heterocycles. The number of para-hydroxylation sites is 1. The van der Waals surface area contributed by atoms with Gasteiger partial charge in [-0.25, -0.2) is 4.68 Å². The molecule has 1 N–H and O–H groups in total. The van der Waals surface area contributed by atoms with E-state index in [9.17, 15) is 10.1 Å². The molecule has 2 aliphatic carbocycles. The fourth-order valence-corrected chi connectivity index (χ4v) is 5.07. The first kappa shape index (κ1) is 17.2. The first-order valence-electron chi connectivity index (χ1n) is 9.12. The number of rotatable bonds is 5. The van der Waals surface area contributed by atoms with Crippen LogP contribution in [0, 0.1) is 29.1 Å². The minimum Gasteiger partial charge on any atom is -0.309 e. The Morgan fingerprint density at radius 3 is 2.77 bits per heavy atom. The molecule has 3 atom stereocenters. The highest BCUT2D eigenvalue weighted by Crippen LogP contribution is 2.49. The van der Waals surface area contributed by atoms with Gasteiger partial charge in [-0.2, -0.15) is 10.4 Å². The summed E-state index contributed by atoms with van der Waals surface area (Å²) in [5, 5.41) is 17.8. The number of anilines is 1. The van der Waals surface area contributed by atoms with Crippen molar-refractivity contribution in [2.75, 3.05) is 11.6 Å². The van der Waals surface area contributed by atoms with E-state index in [0.29, 0.717) is 34.7 Å². The lowest BCUT2D eigenvalue weighted by molar-refractivity contribution is -0.117. The van der Waals surface area contributed by atoms with Crippen molar-refractivity contribution in [1.82, 2.24) is 9.78 Å². The van der Waals surface area contributed by atoms with Crippen LogP contribution >= 0.6 is 11.8 Å². The number of fused-ring (bicyclic) bond motifs is 2. The van der Waals surface area contributed by atoms with Crippen LogP contribution in [0.15, 0.2) is 35.4 Å². The highest BCUT2D eigenvalue weighted by molar-refractivity contribution is 7.98. The largest absolute Gasteiger partial charge is 0.309 e. The molecule has 6 heteroatoms. The molecule has 4 rings (SSSR count). The maximum Gasteiger partial charge on any atom is 0.225 e. The van der Waals surface area contributed by atoms with Gasteiger partial charge in [0.2, 0.25) is 5.91 Å². The smallest absolute Gasteiger partial charge is 0.225 e. The highest BCUT2D eigenvalue weighted by atomic mass is 32.2. The molecule has 2 bridgehead atoms. The topological polar surface area (TPSA) is 70.7 Å². The lowest BCUT2D eigenvalue weighted by Gasteiger charge is -2.21. The van der Waals surface area contributed by atoms with Gasteiger partial charge in [0, 0.05) is 6.42 Å². The van der Waals surface area contributed by atoms with Gasteiger partial charge in [-0.15, -0.1) is 11.8 Å². The minimum atomic E-state index is -0.0104. The molecule has 0 saturated heterocycles. The second-order valence-corrected chi connectivity index (χ2v) is 8.07. The van der Waals surface area contributed by atoms with Crippen LogP contribution in [-0.2, 0) is 4.79 Å². The first-order chi connectivity index (χ1) is 12.7. The fourth-order valence-electron chi connectivity index (χ4n) is 4.56. The quantitative estimate of drug-likeness (QED) is 0.804. The second kappa shape index (κ2) is 7.16. The molecule has 26 heavy (non-hydrogen) atoms. The van der Waals surface area contributed by atoms with E-state index in [4.69, 9.17) is 0 Å². The van der Waals surface area contributed by atoms with Gasteiger partial charge in [0.15, 0.2) is 5.82 Å². The van der Waals surface area contributed by atoms with Crippen molar-refractivity contribution in [3.8, 4) is 11.8 Å². The number of carbonyl (C=O) groups is 1. The Morgan fingerprint density at radius 2 is 2.15 bits per heavy atom. The number of nitrogens with zero attached hydrogens (tertiary/aromatic N) is 3. The summed E-state index contributed by atoms with van der Waals surface area (Å²) in [6.45, 7) is 0. The van der Waals surface area contributed by atoms with E-state index in [1.807, 2.05) is 36.6 Å². The number of nitriles is 1. The molecule has 0 spiro atoms. The van der Waals surface area contributed by atoms with Crippen LogP contribution in [-0.4, -0.2) is 21.9 Å². The third kappa shape index (κ3) is 3.12. The van der Waals surface area contributed by atoms with Gasteiger partial charge in [0.25, 0.3) is 0 Å². The van der Waals surface area contributed by atoms with E-state index in [0.717, 1.165) is 11.6 Å². The monoisotopic (exact) mass is 366 g/mol. The summed E-state index contributed by atoms with van der Waals surface area (Å²) in [5.41, 5.74) is 1.27. The third-order valence-electron chi connectivity index (χ3n) is 5.75. The third-order valence-corrected chi connectivity index (χ3v) is 6.42. The van der Waals surface area contributed by atoms with Crippen molar-refractivity contribution in [3.63, 3.8) is 0 Å². The van der Waals surface area contributed by atoms with Crippen LogP contribution in [0.1, 0.15) is 37.7 Å². The highest BCUT2D eigenvalue weighted by Gasteiger charge is 2.40. The summed E-state index contributed by atoms with van der Waals surface area (Å²) in [6, 6.07) is 11.8. The number of amides is 1. The molecule has 2 saturated carbocycles. The Bertz CT molecular complexity index is 855. The van der Waals surface area contributed by atoms with E-state index in [1.54, 1.807) is 4.68 Å².